The van der Waals surface area contributed by atoms with Gasteiger partial charge in [0.15, 0.2) is 0 Å². The van der Waals surface area contributed by atoms with E-state index >= 15 is 0 Å². The zero-order chi connectivity index (χ0) is 11.1. The molecule has 2 rings (SSSR count). The van der Waals surface area contributed by atoms with E-state index in [4.69, 9.17) is 0 Å². The third kappa shape index (κ3) is 2.32. The minimum Gasteiger partial charge on any atom is -0.0689 e. The Kier molecular flexibility index (Phi) is 3.30. The van der Waals surface area contributed by atoms with Crippen molar-refractivity contribution < 1.29 is 0 Å². The second-order valence-corrected chi connectivity index (χ2v) is 12.3. The van der Waals surface area contributed by atoms with Crippen LogP contribution in [0.3, 0.4) is 0 Å². The molecule has 4 atom stereocenters. The summed E-state index contributed by atoms with van der Waals surface area (Å²) < 4.78 is 0. The molecule has 0 spiro atoms. The van der Waals surface area contributed by atoms with Crippen molar-refractivity contribution >= 4 is 8.07 Å². The Labute approximate surface area is 96.9 Å². The van der Waals surface area contributed by atoms with E-state index in [1.54, 1.807) is 25.7 Å². The normalized spacial score (nSPS) is 42.4. The van der Waals surface area contributed by atoms with Crippen LogP contribution >= 0.6 is 0 Å². The van der Waals surface area contributed by atoms with Crippen LogP contribution in [0.5, 0.6) is 0 Å². The molecule has 0 heterocycles. The van der Waals surface area contributed by atoms with Crippen molar-refractivity contribution in [2.45, 2.75) is 76.5 Å². The summed E-state index contributed by atoms with van der Waals surface area (Å²) in [6.07, 6.45) is 9.28. The first kappa shape index (κ1) is 11.7. The maximum Gasteiger partial charge on any atom is 0.0536 e. The first-order valence-corrected chi connectivity index (χ1v) is 10.2. The molecule has 0 bridgehead atoms. The van der Waals surface area contributed by atoms with Crippen molar-refractivity contribution in [1.29, 1.82) is 0 Å². The van der Waals surface area contributed by atoms with Gasteiger partial charge in [-0.15, -0.1) is 0 Å². The highest BCUT2D eigenvalue weighted by atomic mass is 28.3. The Hall–Kier alpha value is 0.217. The van der Waals surface area contributed by atoms with E-state index in [1.807, 2.05) is 0 Å². The maximum absolute atomic E-state index is 2.69. The van der Waals surface area contributed by atoms with Crippen LogP contribution in [0.15, 0.2) is 0 Å². The lowest BCUT2D eigenvalue weighted by molar-refractivity contribution is 0.601. The van der Waals surface area contributed by atoms with Crippen molar-refractivity contribution in [1.82, 2.24) is 0 Å². The average molecular weight is 224 g/mol. The van der Waals surface area contributed by atoms with Gasteiger partial charge in [-0.2, -0.15) is 0 Å². The van der Waals surface area contributed by atoms with Gasteiger partial charge in [0.2, 0.25) is 0 Å². The fraction of sp³-hybridized carbons (Fsp3) is 1.00. The van der Waals surface area contributed by atoms with E-state index < -0.39 is 8.07 Å². The van der Waals surface area contributed by atoms with Crippen LogP contribution in [0, 0.1) is 11.8 Å². The van der Waals surface area contributed by atoms with Crippen molar-refractivity contribution in [3.8, 4) is 0 Å². The van der Waals surface area contributed by atoms with Gasteiger partial charge in [0, 0.05) is 0 Å². The molecule has 0 aromatic rings. The van der Waals surface area contributed by atoms with Gasteiger partial charge in [-0.1, -0.05) is 65.5 Å². The molecule has 15 heavy (non-hydrogen) atoms. The first-order valence-electron chi connectivity index (χ1n) is 7.00. The van der Waals surface area contributed by atoms with Crippen molar-refractivity contribution in [3.05, 3.63) is 0 Å². The molecule has 2 fully saturated rings. The fourth-order valence-corrected chi connectivity index (χ4v) is 8.61. The smallest absolute Gasteiger partial charge is 0.0536 e. The molecule has 88 valence electrons. The molecule has 0 saturated heterocycles. The quantitative estimate of drug-likeness (QED) is 0.574. The summed E-state index contributed by atoms with van der Waals surface area (Å²) in [4.78, 5) is 0. The Morgan fingerprint density at radius 3 is 1.40 bits per heavy atom. The molecule has 0 aliphatic heterocycles. The van der Waals surface area contributed by atoms with E-state index in [-0.39, 0.29) is 0 Å². The largest absolute Gasteiger partial charge is 0.0689 e. The lowest BCUT2D eigenvalue weighted by Crippen LogP contribution is -2.36. The summed E-state index contributed by atoms with van der Waals surface area (Å²) in [5, 5.41) is 0. The van der Waals surface area contributed by atoms with Crippen LogP contribution in [0.2, 0.25) is 24.2 Å². The second-order valence-electron chi connectivity index (χ2n) is 7.05. The zero-order valence-corrected chi connectivity index (χ0v) is 12.1. The molecule has 1 heteroatoms. The molecular weight excluding hydrogens is 196 g/mol. The van der Waals surface area contributed by atoms with Gasteiger partial charge in [0.05, 0.1) is 8.07 Å². The Balaban J connectivity index is 1.99. The number of hydrogen-bond acceptors (Lipinski definition) is 0. The zero-order valence-electron chi connectivity index (χ0n) is 11.1. The first-order chi connectivity index (χ1) is 7.00. The van der Waals surface area contributed by atoms with Crippen LogP contribution in [0.1, 0.15) is 52.4 Å². The second kappa shape index (κ2) is 4.23. The highest BCUT2D eigenvalue weighted by Gasteiger charge is 2.43. The Morgan fingerprint density at radius 2 is 1.13 bits per heavy atom. The van der Waals surface area contributed by atoms with Gasteiger partial charge in [-0.05, 0) is 22.9 Å². The van der Waals surface area contributed by atoms with Crippen molar-refractivity contribution in [3.63, 3.8) is 0 Å². The number of rotatable bonds is 2. The van der Waals surface area contributed by atoms with Gasteiger partial charge in [0.1, 0.15) is 0 Å². The molecule has 0 nitrogen and oxygen atoms in total. The van der Waals surface area contributed by atoms with Gasteiger partial charge in [-0.25, -0.2) is 0 Å². The lowest BCUT2D eigenvalue weighted by Gasteiger charge is -2.36. The van der Waals surface area contributed by atoms with Crippen molar-refractivity contribution in [2.75, 3.05) is 0 Å². The Bertz CT molecular complexity index is 199. The summed E-state index contributed by atoms with van der Waals surface area (Å²) >= 11 is 0. The van der Waals surface area contributed by atoms with Crippen LogP contribution in [-0.4, -0.2) is 8.07 Å². The van der Waals surface area contributed by atoms with E-state index in [1.165, 1.54) is 12.8 Å². The summed E-state index contributed by atoms with van der Waals surface area (Å²) in [5.41, 5.74) is 2.31. The average Bonchev–Trinajstić information content (AvgIpc) is 2.74. The molecule has 0 N–H and O–H groups in total. The molecule has 0 radical (unpaired) electrons. The molecule has 2 aliphatic rings. The predicted molar refractivity (Wildman–Crippen MR) is 71.0 cm³/mol. The summed E-state index contributed by atoms with van der Waals surface area (Å²) in [6.45, 7) is 10.3. The van der Waals surface area contributed by atoms with Gasteiger partial charge < -0.3 is 0 Å². The molecule has 2 saturated carbocycles. The third-order valence-electron chi connectivity index (χ3n) is 5.49. The molecule has 0 aromatic heterocycles. The summed E-state index contributed by atoms with van der Waals surface area (Å²) in [6, 6.07) is 0. The van der Waals surface area contributed by atoms with Gasteiger partial charge in [0.25, 0.3) is 0 Å². The summed E-state index contributed by atoms with van der Waals surface area (Å²) in [5.74, 6) is 2.06. The Morgan fingerprint density at radius 1 is 0.733 bits per heavy atom. The highest BCUT2D eigenvalue weighted by molar-refractivity contribution is 6.80. The molecule has 0 amide bonds. The molecular formula is C14H28Si. The van der Waals surface area contributed by atoms with Crippen LogP contribution in [-0.2, 0) is 0 Å². The van der Waals surface area contributed by atoms with Crippen LogP contribution in [0.25, 0.3) is 0 Å². The molecule has 2 aliphatic carbocycles. The van der Waals surface area contributed by atoms with Gasteiger partial charge >= 0.3 is 0 Å². The lowest BCUT2D eigenvalue weighted by atomic mass is 10.1. The van der Waals surface area contributed by atoms with Crippen LogP contribution < -0.4 is 0 Å². The monoisotopic (exact) mass is 224 g/mol. The minimum absolute atomic E-state index is 0.921. The van der Waals surface area contributed by atoms with Crippen LogP contribution in [0.4, 0.5) is 0 Å². The SMILES string of the molecule is CC1CCC([Si](C)(C)C2CCC(C)C2)C1. The fourth-order valence-electron chi connectivity index (χ4n) is 4.10. The number of hydrogen-bond donors (Lipinski definition) is 0. The minimum atomic E-state index is -0.921. The van der Waals surface area contributed by atoms with E-state index in [0.717, 1.165) is 22.9 Å². The molecule has 0 aromatic carbocycles. The highest BCUT2D eigenvalue weighted by Crippen LogP contribution is 2.52. The van der Waals surface area contributed by atoms with E-state index in [0.29, 0.717) is 0 Å². The van der Waals surface area contributed by atoms with Gasteiger partial charge in [-0.3, -0.25) is 0 Å². The van der Waals surface area contributed by atoms with E-state index in [2.05, 4.69) is 26.9 Å². The van der Waals surface area contributed by atoms with Crippen molar-refractivity contribution in [2.24, 2.45) is 11.8 Å². The summed E-state index contributed by atoms with van der Waals surface area (Å²) in [7, 11) is -0.921. The maximum atomic E-state index is 2.69. The third-order valence-corrected chi connectivity index (χ3v) is 10.8. The molecule has 4 unspecified atom stereocenters. The predicted octanol–water partition coefficient (Wildman–Crippen LogP) is 5.08. The standard InChI is InChI=1S/C14H28Si/c1-11-5-7-13(9-11)15(3,4)14-8-6-12(2)10-14/h11-14H,5-10H2,1-4H3. The topological polar surface area (TPSA) is 0 Å². The van der Waals surface area contributed by atoms with E-state index in [9.17, 15) is 0 Å².